The zero-order chi connectivity index (χ0) is 12.7. The molecule has 1 aliphatic rings. The molecule has 2 N–H and O–H groups in total. The lowest BCUT2D eigenvalue weighted by molar-refractivity contribution is -0.130. The molecule has 1 aliphatic heterocycles. The van der Waals surface area contributed by atoms with Crippen LogP contribution in [0.1, 0.15) is 39.0 Å². The van der Waals surface area contributed by atoms with Gasteiger partial charge in [0.15, 0.2) is 0 Å². The zero-order valence-electron chi connectivity index (χ0n) is 11.3. The molecule has 4 nitrogen and oxygen atoms in total. The van der Waals surface area contributed by atoms with E-state index in [2.05, 4.69) is 11.8 Å². The van der Waals surface area contributed by atoms with Gasteiger partial charge in [0.05, 0.1) is 0 Å². The minimum atomic E-state index is 0.250. The highest BCUT2D eigenvalue weighted by molar-refractivity contribution is 5.76. The first-order valence-electron chi connectivity index (χ1n) is 6.87. The van der Waals surface area contributed by atoms with Crippen LogP contribution in [0.5, 0.6) is 0 Å². The van der Waals surface area contributed by atoms with E-state index in [4.69, 9.17) is 5.73 Å². The van der Waals surface area contributed by atoms with Gasteiger partial charge in [-0.3, -0.25) is 9.69 Å². The van der Waals surface area contributed by atoms with Gasteiger partial charge in [-0.25, -0.2) is 0 Å². The first-order valence-corrected chi connectivity index (χ1v) is 6.87. The lowest BCUT2D eigenvalue weighted by Crippen LogP contribution is -2.35. The molecule has 0 bridgehead atoms. The Labute approximate surface area is 105 Å². The summed E-state index contributed by atoms with van der Waals surface area (Å²) in [5, 5.41) is 0. The molecule has 0 aromatic heterocycles. The summed E-state index contributed by atoms with van der Waals surface area (Å²) in [4.78, 5) is 16.1. The maximum Gasteiger partial charge on any atom is 0.223 e. The van der Waals surface area contributed by atoms with Crippen molar-refractivity contribution < 1.29 is 4.79 Å². The third kappa shape index (κ3) is 4.64. The zero-order valence-corrected chi connectivity index (χ0v) is 11.3. The Morgan fingerprint density at radius 1 is 1.53 bits per heavy atom. The molecule has 0 radical (unpaired) electrons. The van der Waals surface area contributed by atoms with Gasteiger partial charge >= 0.3 is 0 Å². The SMILES string of the molecule is CCC1CCCN1CCC(=O)N(C)CCCN. The minimum Gasteiger partial charge on any atom is -0.346 e. The summed E-state index contributed by atoms with van der Waals surface area (Å²) in [5.74, 6) is 0.250. The second-order valence-corrected chi connectivity index (χ2v) is 4.95. The average Bonchev–Trinajstić information content (AvgIpc) is 2.80. The molecule has 17 heavy (non-hydrogen) atoms. The van der Waals surface area contributed by atoms with Crippen molar-refractivity contribution in [1.29, 1.82) is 0 Å². The Bertz CT molecular complexity index is 233. The van der Waals surface area contributed by atoms with Crippen molar-refractivity contribution in [1.82, 2.24) is 9.80 Å². The smallest absolute Gasteiger partial charge is 0.223 e. The van der Waals surface area contributed by atoms with Gasteiger partial charge in [0.2, 0.25) is 5.91 Å². The first-order chi connectivity index (χ1) is 8.19. The predicted octanol–water partition coefficient (Wildman–Crippen LogP) is 1.06. The predicted molar refractivity (Wildman–Crippen MR) is 70.8 cm³/mol. The lowest BCUT2D eigenvalue weighted by Gasteiger charge is -2.24. The molecule has 100 valence electrons. The standard InChI is InChI=1S/C13H27N3O/c1-3-12-6-4-10-16(12)11-7-13(17)15(2)9-5-8-14/h12H,3-11,14H2,1-2H3. The third-order valence-electron chi connectivity index (χ3n) is 3.71. The van der Waals surface area contributed by atoms with Crippen LogP contribution in [-0.2, 0) is 4.79 Å². The Morgan fingerprint density at radius 3 is 2.94 bits per heavy atom. The van der Waals surface area contributed by atoms with E-state index in [1.807, 2.05) is 11.9 Å². The van der Waals surface area contributed by atoms with Gasteiger partial charge in [-0.2, -0.15) is 0 Å². The molecule has 1 unspecified atom stereocenters. The summed E-state index contributed by atoms with van der Waals surface area (Å²) in [7, 11) is 1.87. The molecule has 0 spiro atoms. The van der Waals surface area contributed by atoms with Crippen molar-refractivity contribution >= 4 is 5.91 Å². The van der Waals surface area contributed by atoms with Gasteiger partial charge in [-0.15, -0.1) is 0 Å². The number of carbonyl (C=O) groups excluding carboxylic acids is 1. The number of rotatable bonds is 7. The van der Waals surface area contributed by atoms with Crippen molar-refractivity contribution in [2.45, 2.75) is 45.1 Å². The minimum absolute atomic E-state index is 0.250. The van der Waals surface area contributed by atoms with Crippen LogP contribution >= 0.6 is 0 Å². The Kier molecular flexibility index (Phi) is 6.52. The van der Waals surface area contributed by atoms with Crippen LogP contribution in [0, 0.1) is 0 Å². The molecule has 1 amide bonds. The maximum absolute atomic E-state index is 11.9. The number of nitrogens with two attached hydrogens (primary N) is 1. The van der Waals surface area contributed by atoms with E-state index in [0.29, 0.717) is 19.0 Å². The van der Waals surface area contributed by atoms with Crippen LogP contribution in [0.25, 0.3) is 0 Å². The van der Waals surface area contributed by atoms with Crippen LogP contribution in [0.15, 0.2) is 0 Å². The summed E-state index contributed by atoms with van der Waals surface area (Å²) in [6.45, 7) is 5.76. The van der Waals surface area contributed by atoms with Crippen molar-refractivity contribution in [3.63, 3.8) is 0 Å². The van der Waals surface area contributed by atoms with Gasteiger partial charge in [-0.1, -0.05) is 6.92 Å². The van der Waals surface area contributed by atoms with Crippen molar-refractivity contribution in [3.8, 4) is 0 Å². The molecule has 1 fully saturated rings. The Morgan fingerprint density at radius 2 is 2.29 bits per heavy atom. The van der Waals surface area contributed by atoms with E-state index < -0.39 is 0 Å². The van der Waals surface area contributed by atoms with Crippen molar-refractivity contribution in [3.05, 3.63) is 0 Å². The number of nitrogens with zero attached hydrogens (tertiary/aromatic N) is 2. The normalized spacial score (nSPS) is 20.8. The fourth-order valence-electron chi connectivity index (χ4n) is 2.54. The molecule has 1 atom stereocenters. The van der Waals surface area contributed by atoms with Gasteiger partial charge in [-0.05, 0) is 38.8 Å². The molecule has 1 rings (SSSR count). The van der Waals surface area contributed by atoms with Gasteiger partial charge < -0.3 is 10.6 Å². The molecular weight excluding hydrogens is 214 g/mol. The largest absolute Gasteiger partial charge is 0.346 e. The van der Waals surface area contributed by atoms with Crippen LogP contribution in [0.3, 0.4) is 0 Å². The first kappa shape index (κ1) is 14.5. The number of hydrogen-bond acceptors (Lipinski definition) is 3. The average molecular weight is 241 g/mol. The van der Waals surface area contributed by atoms with Gasteiger partial charge in [0, 0.05) is 32.6 Å². The van der Waals surface area contributed by atoms with Gasteiger partial charge in [0.25, 0.3) is 0 Å². The molecule has 4 heteroatoms. The second kappa shape index (κ2) is 7.67. The van der Waals surface area contributed by atoms with Crippen LogP contribution < -0.4 is 5.73 Å². The van der Waals surface area contributed by atoms with E-state index in [1.165, 1.54) is 19.3 Å². The summed E-state index contributed by atoms with van der Waals surface area (Å²) in [6.07, 6.45) is 5.34. The lowest BCUT2D eigenvalue weighted by atomic mass is 10.1. The van der Waals surface area contributed by atoms with E-state index in [1.54, 1.807) is 0 Å². The highest BCUT2D eigenvalue weighted by atomic mass is 16.2. The number of amides is 1. The maximum atomic E-state index is 11.9. The molecule has 0 aromatic carbocycles. The van der Waals surface area contributed by atoms with Crippen LogP contribution in [0.4, 0.5) is 0 Å². The topological polar surface area (TPSA) is 49.6 Å². The molecule has 0 saturated carbocycles. The monoisotopic (exact) mass is 241 g/mol. The summed E-state index contributed by atoms with van der Waals surface area (Å²) >= 11 is 0. The molecule has 1 saturated heterocycles. The van der Waals surface area contributed by atoms with Crippen molar-refractivity contribution in [2.75, 3.05) is 33.2 Å². The third-order valence-corrected chi connectivity index (χ3v) is 3.71. The molecule has 0 aromatic rings. The summed E-state index contributed by atoms with van der Waals surface area (Å²) in [6, 6.07) is 0.706. The van der Waals surface area contributed by atoms with E-state index in [9.17, 15) is 4.79 Å². The Balaban J connectivity index is 2.22. The highest BCUT2D eigenvalue weighted by Crippen LogP contribution is 2.19. The fourth-order valence-corrected chi connectivity index (χ4v) is 2.54. The van der Waals surface area contributed by atoms with E-state index in [-0.39, 0.29) is 5.91 Å². The van der Waals surface area contributed by atoms with E-state index in [0.717, 1.165) is 26.1 Å². The molecular formula is C13H27N3O. The number of hydrogen-bond donors (Lipinski definition) is 1. The van der Waals surface area contributed by atoms with Crippen molar-refractivity contribution in [2.24, 2.45) is 5.73 Å². The summed E-state index contributed by atoms with van der Waals surface area (Å²) < 4.78 is 0. The number of likely N-dealkylation sites (tertiary alicyclic amines) is 1. The fraction of sp³-hybridized carbons (Fsp3) is 0.923. The number of carbonyl (C=O) groups is 1. The molecule has 0 aliphatic carbocycles. The molecule has 1 heterocycles. The van der Waals surface area contributed by atoms with Gasteiger partial charge in [0.1, 0.15) is 0 Å². The van der Waals surface area contributed by atoms with Crippen LogP contribution in [-0.4, -0.2) is 55.0 Å². The summed E-state index contributed by atoms with van der Waals surface area (Å²) in [5.41, 5.74) is 5.44. The highest BCUT2D eigenvalue weighted by Gasteiger charge is 2.23. The van der Waals surface area contributed by atoms with E-state index >= 15 is 0 Å². The quantitative estimate of drug-likeness (QED) is 0.725. The van der Waals surface area contributed by atoms with Crippen LogP contribution in [0.2, 0.25) is 0 Å². The second-order valence-electron chi connectivity index (χ2n) is 4.95. The Hall–Kier alpha value is -0.610.